The molecule has 0 unspecified atom stereocenters. The zero-order valence-corrected chi connectivity index (χ0v) is 11.9. The monoisotopic (exact) mass is 282 g/mol. The third-order valence-electron chi connectivity index (χ3n) is 3.04. The van der Waals surface area contributed by atoms with Gasteiger partial charge in [-0.25, -0.2) is 0 Å². The van der Waals surface area contributed by atoms with E-state index < -0.39 is 0 Å². The minimum atomic E-state index is -0.188. The molecule has 0 saturated heterocycles. The van der Waals surface area contributed by atoms with Crippen molar-refractivity contribution in [2.75, 3.05) is 12.4 Å². The smallest absolute Gasteiger partial charge is 0.248 e. The second kappa shape index (κ2) is 7.26. The molecular formula is C17H18N2O2. The maximum absolute atomic E-state index is 11.9. The lowest BCUT2D eigenvalue weighted by molar-refractivity contribution is -0.111. The standard InChI is InChI=1S/C17H18N2O2/c1-21-15-9-6-13(7-10-15)8-11-17(20)19-16-5-3-2-4-14(16)12-18/h2-11H,12,18H2,1H3,(H,19,20). The Balaban J connectivity index is 2.02. The third kappa shape index (κ3) is 4.19. The van der Waals surface area contributed by atoms with Gasteiger partial charge in [-0.2, -0.15) is 0 Å². The predicted octanol–water partition coefficient (Wildman–Crippen LogP) is 2.81. The minimum Gasteiger partial charge on any atom is -0.497 e. The Morgan fingerprint density at radius 3 is 2.57 bits per heavy atom. The molecule has 0 bridgehead atoms. The molecule has 108 valence electrons. The minimum absolute atomic E-state index is 0.188. The summed E-state index contributed by atoms with van der Waals surface area (Å²) < 4.78 is 5.08. The molecule has 0 aliphatic carbocycles. The molecule has 3 N–H and O–H groups in total. The van der Waals surface area contributed by atoms with Crippen LogP contribution in [0.1, 0.15) is 11.1 Å². The predicted molar refractivity (Wildman–Crippen MR) is 85.0 cm³/mol. The summed E-state index contributed by atoms with van der Waals surface area (Å²) in [4.78, 5) is 11.9. The maximum atomic E-state index is 11.9. The van der Waals surface area contributed by atoms with Crippen LogP contribution in [0, 0.1) is 0 Å². The average Bonchev–Trinajstić information content (AvgIpc) is 2.54. The van der Waals surface area contributed by atoms with Crippen molar-refractivity contribution in [3.8, 4) is 5.75 Å². The molecule has 0 saturated carbocycles. The van der Waals surface area contributed by atoms with Crippen molar-refractivity contribution in [3.63, 3.8) is 0 Å². The van der Waals surface area contributed by atoms with Gasteiger partial charge in [0.2, 0.25) is 5.91 Å². The largest absolute Gasteiger partial charge is 0.497 e. The van der Waals surface area contributed by atoms with E-state index in [0.717, 1.165) is 22.6 Å². The van der Waals surface area contributed by atoms with Crippen molar-refractivity contribution in [1.82, 2.24) is 0 Å². The lowest BCUT2D eigenvalue weighted by atomic mass is 10.1. The van der Waals surface area contributed by atoms with Gasteiger partial charge >= 0.3 is 0 Å². The molecule has 0 aliphatic rings. The van der Waals surface area contributed by atoms with Crippen molar-refractivity contribution >= 4 is 17.7 Å². The maximum Gasteiger partial charge on any atom is 0.248 e. The second-order valence-corrected chi connectivity index (χ2v) is 4.46. The van der Waals surface area contributed by atoms with Crippen LogP contribution in [0.4, 0.5) is 5.69 Å². The van der Waals surface area contributed by atoms with Gasteiger partial charge in [0.05, 0.1) is 7.11 Å². The highest BCUT2D eigenvalue weighted by molar-refractivity contribution is 6.02. The van der Waals surface area contributed by atoms with Crippen LogP contribution in [-0.2, 0) is 11.3 Å². The molecule has 0 atom stereocenters. The third-order valence-corrected chi connectivity index (χ3v) is 3.04. The molecular weight excluding hydrogens is 264 g/mol. The zero-order valence-electron chi connectivity index (χ0n) is 11.9. The molecule has 4 nitrogen and oxygen atoms in total. The van der Waals surface area contributed by atoms with E-state index in [-0.39, 0.29) is 5.91 Å². The Hall–Kier alpha value is -2.59. The van der Waals surface area contributed by atoms with Crippen molar-refractivity contribution in [2.45, 2.75) is 6.54 Å². The number of carbonyl (C=O) groups excluding carboxylic acids is 1. The summed E-state index contributed by atoms with van der Waals surface area (Å²) in [5, 5.41) is 2.82. The molecule has 0 aromatic heterocycles. The lowest BCUT2D eigenvalue weighted by Crippen LogP contribution is -2.11. The number of para-hydroxylation sites is 1. The number of benzene rings is 2. The highest BCUT2D eigenvalue weighted by atomic mass is 16.5. The lowest BCUT2D eigenvalue weighted by Gasteiger charge is -2.07. The first-order valence-electron chi connectivity index (χ1n) is 6.64. The van der Waals surface area contributed by atoms with Gasteiger partial charge in [0.25, 0.3) is 0 Å². The number of rotatable bonds is 5. The SMILES string of the molecule is COc1ccc(C=CC(=O)Nc2ccccc2CN)cc1. The fourth-order valence-electron chi connectivity index (χ4n) is 1.88. The summed E-state index contributed by atoms with van der Waals surface area (Å²) in [6.45, 7) is 0.388. The molecule has 2 aromatic rings. The van der Waals surface area contributed by atoms with Crippen LogP contribution in [0.5, 0.6) is 5.75 Å². The van der Waals surface area contributed by atoms with Crippen LogP contribution in [0.3, 0.4) is 0 Å². The average molecular weight is 282 g/mol. The Morgan fingerprint density at radius 1 is 1.19 bits per heavy atom. The summed E-state index contributed by atoms with van der Waals surface area (Å²) in [5.74, 6) is 0.597. The van der Waals surface area contributed by atoms with Crippen LogP contribution in [0.2, 0.25) is 0 Å². The highest BCUT2D eigenvalue weighted by Gasteiger charge is 2.02. The molecule has 0 fully saturated rings. The second-order valence-electron chi connectivity index (χ2n) is 4.46. The van der Waals surface area contributed by atoms with Crippen LogP contribution in [0.15, 0.2) is 54.6 Å². The van der Waals surface area contributed by atoms with Gasteiger partial charge in [-0.1, -0.05) is 30.3 Å². The van der Waals surface area contributed by atoms with E-state index in [9.17, 15) is 4.79 Å². The van der Waals surface area contributed by atoms with Gasteiger partial charge in [0.1, 0.15) is 5.75 Å². The van der Waals surface area contributed by atoms with E-state index >= 15 is 0 Å². The van der Waals surface area contributed by atoms with Crippen LogP contribution < -0.4 is 15.8 Å². The first-order valence-corrected chi connectivity index (χ1v) is 6.64. The number of anilines is 1. The van der Waals surface area contributed by atoms with Gasteiger partial charge in [-0.05, 0) is 35.4 Å². The van der Waals surface area contributed by atoms with Gasteiger partial charge in [0.15, 0.2) is 0 Å². The number of carbonyl (C=O) groups is 1. The molecule has 0 aliphatic heterocycles. The van der Waals surface area contributed by atoms with E-state index in [1.807, 2.05) is 48.5 Å². The summed E-state index contributed by atoms with van der Waals surface area (Å²) in [7, 11) is 1.62. The summed E-state index contributed by atoms with van der Waals surface area (Å²) >= 11 is 0. The van der Waals surface area contributed by atoms with Crippen LogP contribution in [-0.4, -0.2) is 13.0 Å². The topological polar surface area (TPSA) is 64.3 Å². The highest BCUT2D eigenvalue weighted by Crippen LogP contribution is 2.15. The molecule has 4 heteroatoms. The first-order chi connectivity index (χ1) is 10.2. The number of ether oxygens (including phenoxy) is 1. The molecule has 0 spiro atoms. The molecule has 1 amide bonds. The number of amides is 1. The van der Waals surface area contributed by atoms with Crippen molar-refractivity contribution in [3.05, 3.63) is 65.7 Å². The number of hydrogen-bond donors (Lipinski definition) is 2. The zero-order chi connectivity index (χ0) is 15.1. The Bertz CT molecular complexity index is 633. The van der Waals surface area contributed by atoms with Crippen molar-refractivity contribution in [1.29, 1.82) is 0 Å². The normalized spacial score (nSPS) is 10.6. The van der Waals surface area contributed by atoms with Crippen molar-refractivity contribution < 1.29 is 9.53 Å². The summed E-state index contributed by atoms with van der Waals surface area (Å²) in [6, 6.07) is 15.0. The number of nitrogens with one attached hydrogen (secondary N) is 1. The van der Waals surface area contributed by atoms with E-state index in [1.54, 1.807) is 13.2 Å². The Kier molecular flexibility index (Phi) is 5.12. The first kappa shape index (κ1) is 14.8. The van der Waals surface area contributed by atoms with E-state index in [2.05, 4.69) is 5.32 Å². The van der Waals surface area contributed by atoms with Gasteiger partial charge in [0, 0.05) is 18.3 Å². The van der Waals surface area contributed by atoms with E-state index in [1.165, 1.54) is 6.08 Å². The molecule has 2 aromatic carbocycles. The van der Waals surface area contributed by atoms with Gasteiger partial charge < -0.3 is 15.8 Å². The molecule has 0 heterocycles. The van der Waals surface area contributed by atoms with Crippen LogP contribution >= 0.6 is 0 Å². The van der Waals surface area contributed by atoms with Crippen LogP contribution in [0.25, 0.3) is 6.08 Å². The van der Waals surface area contributed by atoms with Gasteiger partial charge in [-0.15, -0.1) is 0 Å². The molecule has 0 radical (unpaired) electrons. The number of methoxy groups -OCH3 is 1. The molecule has 2 rings (SSSR count). The number of nitrogens with two attached hydrogens (primary N) is 1. The Labute approximate surface area is 124 Å². The fraction of sp³-hybridized carbons (Fsp3) is 0.118. The number of hydrogen-bond acceptors (Lipinski definition) is 3. The van der Waals surface area contributed by atoms with Gasteiger partial charge in [-0.3, -0.25) is 4.79 Å². The quantitative estimate of drug-likeness (QED) is 0.829. The van der Waals surface area contributed by atoms with E-state index in [0.29, 0.717) is 6.54 Å². The summed E-state index contributed by atoms with van der Waals surface area (Å²) in [5.41, 5.74) is 8.21. The molecule has 21 heavy (non-hydrogen) atoms. The fourth-order valence-corrected chi connectivity index (χ4v) is 1.88. The Morgan fingerprint density at radius 2 is 1.90 bits per heavy atom. The van der Waals surface area contributed by atoms with E-state index in [4.69, 9.17) is 10.5 Å². The summed E-state index contributed by atoms with van der Waals surface area (Å²) in [6.07, 6.45) is 3.24. The van der Waals surface area contributed by atoms with Crippen molar-refractivity contribution in [2.24, 2.45) is 5.73 Å².